The molecule has 2 heterocycles. The van der Waals surface area contributed by atoms with Gasteiger partial charge < -0.3 is 9.80 Å². The van der Waals surface area contributed by atoms with E-state index in [1.54, 1.807) is 0 Å². The number of likely N-dealkylation sites (N-methyl/N-ethyl adjacent to an activating group) is 2. The molecule has 0 saturated heterocycles. The predicted molar refractivity (Wildman–Crippen MR) is 118 cm³/mol. The van der Waals surface area contributed by atoms with Crippen molar-refractivity contribution in [2.45, 2.75) is 19.9 Å². The van der Waals surface area contributed by atoms with Crippen LogP contribution >= 0.6 is 0 Å². The first-order chi connectivity index (χ1) is 13.3. The molecule has 0 amide bonds. The van der Waals surface area contributed by atoms with Gasteiger partial charge in [0.15, 0.2) is 0 Å². The van der Waals surface area contributed by atoms with Crippen molar-refractivity contribution in [1.82, 2.24) is 0 Å². The minimum atomic E-state index is 0.289. The third-order valence-electron chi connectivity index (χ3n) is 5.28. The summed E-state index contributed by atoms with van der Waals surface area (Å²) in [6.45, 7) is 6.36. The van der Waals surface area contributed by atoms with E-state index >= 15 is 0 Å². The molecule has 1 atom stereocenters. The number of allylic oxidation sites excluding steroid dienone is 3. The van der Waals surface area contributed by atoms with E-state index in [2.05, 4.69) is 115 Å². The van der Waals surface area contributed by atoms with Crippen LogP contribution in [0.3, 0.4) is 0 Å². The highest BCUT2D eigenvalue weighted by molar-refractivity contribution is 5.76. The highest BCUT2D eigenvalue weighted by atomic mass is 15.2. The van der Waals surface area contributed by atoms with E-state index in [1.807, 2.05) is 0 Å². The fourth-order valence-corrected chi connectivity index (χ4v) is 3.95. The predicted octanol–water partition coefficient (Wildman–Crippen LogP) is 5.90. The lowest BCUT2D eigenvalue weighted by Gasteiger charge is -2.33. The molecule has 4 rings (SSSR count). The number of benzene rings is 2. The van der Waals surface area contributed by atoms with Gasteiger partial charge in [0.25, 0.3) is 0 Å². The van der Waals surface area contributed by atoms with Gasteiger partial charge in [-0.3, -0.25) is 0 Å². The van der Waals surface area contributed by atoms with Crippen molar-refractivity contribution in [2.75, 3.05) is 22.9 Å². The number of rotatable bonds is 4. The molecule has 0 N–H and O–H groups in total. The summed E-state index contributed by atoms with van der Waals surface area (Å²) in [5.41, 5.74) is 6.40. The summed E-state index contributed by atoms with van der Waals surface area (Å²) in [6.07, 6.45) is 15.6. The van der Waals surface area contributed by atoms with Gasteiger partial charge in [0.2, 0.25) is 0 Å². The lowest BCUT2D eigenvalue weighted by molar-refractivity contribution is 0.804. The number of nitrogens with zero attached hydrogens (tertiary/aromatic N) is 2. The van der Waals surface area contributed by atoms with Crippen LogP contribution in [0.2, 0.25) is 0 Å². The summed E-state index contributed by atoms with van der Waals surface area (Å²) in [5, 5.41) is 0. The lowest BCUT2D eigenvalue weighted by atomic mass is 10.0. The Morgan fingerprint density at radius 1 is 0.815 bits per heavy atom. The van der Waals surface area contributed by atoms with E-state index in [0.29, 0.717) is 0 Å². The van der Waals surface area contributed by atoms with Crippen molar-refractivity contribution < 1.29 is 0 Å². The van der Waals surface area contributed by atoms with E-state index in [4.69, 9.17) is 0 Å². The molecule has 0 aliphatic carbocycles. The maximum Gasteiger partial charge on any atom is 0.0663 e. The third-order valence-corrected chi connectivity index (χ3v) is 5.28. The third kappa shape index (κ3) is 3.35. The zero-order valence-electron chi connectivity index (χ0n) is 16.0. The van der Waals surface area contributed by atoms with Gasteiger partial charge in [-0.25, -0.2) is 0 Å². The van der Waals surface area contributed by atoms with Crippen LogP contribution in [0.4, 0.5) is 11.4 Å². The molecule has 2 aliphatic rings. The Morgan fingerprint density at radius 3 is 2.26 bits per heavy atom. The molecule has 0 radical (unpaired) electrons. The van der Waals surface area contributed by atoms with Gasteiger partial charge in [-0.15, -0.1) is 0 Å². The number of anilines is 2. The van der Waals surface area contributed by atoms with Crippen LogP contribution in [0.25, 0.3) is 12.2 Å². The van der Waals surface area contributed by atoms with E-state index in [0.717, 1.165) is 13.1 Å². The van der Waals surface area contributed by atoms with E-state index < -0.39 is 0 Å². The summed E-state index contributed by atoms with van der Waals surface area (Å²) in [6, 6.07) is 17.5. The molecule has 0 aromatic heterocycles. The number of hydrogen-bond donors (Lipinski definition) is 0. The van der Waals surface area contributed by atoms with Gasteiger partial charge in [-0.05, 0) is 49.3 Å². The van der Waals surface area contributed by atoms with Crippen LogP contribution in [0.15, 0.2) is 84.6 Å². The summed E-state index contributed by atoms with van der Waals surface area (Å²) in [7, 11) is 0. The van der Waals surface area contributed by atoms with Crippen molar-refractivity contribution >= 4 is 23.5 Å². The smallest absolute Gasteiger partial charge is 0.0663 e. The monoisotopic (exact) mass is 354 g/mol. The molecule has 2 heteroatoms. The van der Waals surface area contributed by atoms with E-state index in [1.165, 1.54) is 28.2 Å². The Morgan fingerprint density at radius 2 is 1.52 bits per heavy atom. The molecular weight excluding hydrogens is 328 g/mol. The van der Waals surface area contributed by atoms with Gasteiger partial charge in [-0.1, -0.05) is 66.8 Å². The maximum atomic E-state index is 2.44. The summed E-state index contributed by atoms with van der Waals surface area (Å²) >= 11 is 0. The standard InChI is InChI=1S/C25H26N2/c1-3-26-22(18-16-20-10-5-7-14-24(20)26)12-9-13-23-19-17-21-11-6-8-15-25(21)27(23)4-2/h5-19,22H,3-4H2,1-2H3. The van der Waals surface area contributed by atoms with Crippen LogP contribution in [0, 0.1) is 0 Å². The quantitative estimate of drug-likeness (QED) is 0.674. The minimum absolute atomic E-state index is 0.289. The fourth-order valence-electron chi connectivity index (χ4n) is 3.95. The molecule has 2 aliphatic heterocycles. The molecular formula is C25H26N2. The molecule has 0 saturated carbocycles. The highest BCUT2D eigenvalue weighted by Gasteiger charge is 2.18. The van der Waals surface area contributed by atoms with Gasteiger partial charge in [0.05, 0.1) is 6.04 Å². The topological polar surface area (TPSA) is 6.48 Å². The second-order valence-corrected chi connectivity index (χ2v) is 6.81. The van der Waals surface area contributed by atoms with Gasteiger partial charge >= 0.3 is 0 Å². The molecule has 1 unspecified atom stereocenters. The van der Waals surface area contributed by atoms with Crippen molar-refractivity contribution in [3.63, 3.8) is 0 Å². The normalized spacial score (nSPS) is 19.6. The molecule has 27 heavy (non-hydrogen) atoms. The van der Waals surface area contributed by atoms with Crippen molar-refractivity contribution in [1.29, 1.82) is 0 Å². The lowest BCUT2D eigenvalue weighted by Crippen LogP contribution is -2.34. The van der Waals surface area contributed by atoms with Gasteiger partial charge in [-0.2, -0.15) is 0 Å². The summed E-state index contributed by atoms with van der Waals surface area (Å²) in [4.78, 5) is 4.80. The summed E-state index contributed by atoms with van der Waals surface area (Å²) in [5.74, 6) is 0. The minimum Gasteiger partial charge on any atom is -0.361 e. The maximum absolute atomic E-state index is 2.44. The zero-order chi connectivity index (χ0) is 18.6. The van der Waals surface area contributed by atoms with Gasteiger partial charge in [0.1, 0.15) is 0 Å². The number of hydrogen-bond acceptors (Lipinski definition) is 2. The Hall–Kier alpha value is -3.00. The van der Waals surface area contributed by atoms with Crippen molar-refractivity contribution in [3.8, 4) is 0 Å². The van der Waals surface area contributed by atoms with Crippen LogP contribution in [0.1, 0.15) is 25.0 Å². The molecule has 2 nitrogen and oxygen atoms in total. The molecule has 0 fully saturated rings. The first-order valence-corrected chi connectivity index (χ1v) is 9.79. The van der Waals surface area contributed by atoms with Gasteiger partial charge in [0, 0.05) is 30.2 Å². The highest BCUT2D eigenvalue weighted by Crippen LogP contribution is 2.31. The molecule has 0 spiro atoms. The molecule has 136 valence electrons. The Balaban J connectivity index is 1.57. The fraction of sp³-hybridized carbons (Fsp3) is 0.200. The summed E-state index contributed by atoms with van der Waals surface area (Å²) < 4.78 is 0. The van der Waals surface area contributed by atoms with Crippen LogP contribution in [-0.2, 0) is 0 Å². The second-order valence-electron chi connectivity index (χ2n) is 6.81. The van der Waals surface area contributed by atoms with Crippen LogP contribution in [0.5, 0.6) is 0 Å². The first kappa shape index (κ1) is 17.4. The first-order valence-electron chi connectivity index (χ1n) is 9.79. The van der Waals surface area contributed by atoms with E-state index in [-0.39, 0.29) is 6.04 Å². The number of fused-ring (bicyclic) bond motifs is 2. The Labute approximate surface area is 162 Å². The average Bonchev–Trinajstić information content (AvgIpc) is 2.73. The average molecular weight is 354 g/mol. The Bertz CT molecular complexity index is 933. The zero-order valence-corrected chi connectivity index (χ0v) is 16.0. The SMILES string of the molecule is CCN1C(=CC=CC2C=Cc3ccccc3N2CC)C=Cc2ccccc21. The molecule has 0 bridgehead atoms. The van der Waals surface area contributed by atoms with Crippen LogP contribution < -0.4 is 9.80 Å². The largest absolute Gasteiger partial charge is 0.361 e. The molecule has 2 aromatic carbocycles. The van der Waals surface area contributed by atoms with Crippen molar-refractivity contribution in [3.05, 3.63) is 95.7 Å². The van der Waals surface area contributed by atoms with Crippen molar-refractivity contribution in [2.24, 2.45) is 0 Å². The molecule has 2 aromatic rings. The second kappa shape index (κ2) is 7.71. The Kier molecular flexibility index (Phi) is 4.97. The van der Waals surface area contributed by atoms with E-state index in [9.17, 15) is 0 Å². The number of para-hydroxylation sites is 2. The van der Waals surface area contributed by atoms with Crippen LogP contribution in [-0.4, -0.2) is 19.1 Å².